The number of benzene rings is 3. The molecule has 126 valence electrons. The minimum Gasteiger partial charge on any atom is -0.506 e. The molecule has 0 aliphatic carbocycles. The fourth-order valence-corrected chi connectivity index (χ4v) is 2.39. The lowest BCUT2D eigenvalue weighted by Crippen LogP contribution is -2.20. The predicted octanol–water partition coefficient (Wildman–Crippen LogP) is 3.47. The molecule has 0 aliphatic heterocycles. The van der Waals surface area contributed by atoms with Crippen molar-refractivity contribution in [3.8, 4) is 11.5 Å². The average molecular weight is 338 g/mol. The van der Waals surface area contributed by atoms with Gasteiger partial charge in [0.1, 0.15) is 11.5 Å². The molecule has 2 N–H and O–H groups in total. The summed E-state index contributed by atoms with van der Waals surface area (Å²) in [7, 11) is 0. The van der Waals surface area contributed by atoms with E-state index < -0.39 is 10.8 Å². The largest absolute Gasteiger partial charge is 0.506 e. The second kappa shape index (κ2) is 6.88. The van der Waals surface area contributed by atoms with Crippen molar-refractivity contribution in [2.45, 2.75) is 0 Å². The Bertz CT molecular complexity index is 950. The van der Waals surface area contributed by atoms with Gasteiger partial charge in [-0.3, -0.25) is 14.9 Å². The summed E-state index contributed by atoms with van der Waals surface area (Å²) in [5, 5.41) is 24.7. The average Bonchev–Trinajstić information content (AvgIpc) is 2.61. The minimum absolute atomic E-state index is 0.0410. The number of rotatable bonds is 5. The zero-order valence-corrected chi connectivity index (χ0v) is 13.0. The predicted molar refractivity (Wildman–Crippen MR) is 92.8 cm³/mol. The van der Waals surface area contributed by atoms with Crippen molar-refractivity contribution in [1.29, 1.82) is 0 Å². The molecular weight excluding hydrogens is 324 g/mol. The highest BCUT2D eigenvalue weighted by Crippen LogP contribution is 2.28. The summed E-state index contributed by atoms with van der Waals surface area (Å²) in [5.74, 6) is -0.246. The Morgan fingerprint density at radius 1 is 1.12 bits per heavy atom. The molecule has 0 bridgehead atoms. The molecule has 0 aromatic heterocycles. The molecule has 3 aromatic carbocycles. The summed E-state index contributed by atoms with van der Waals surface area (Å²) in [6, 6.07) is 16.5. The van der Waals surface area contributed by atoms with Crippen molar-refractivity contribution in [2.24, 2.45) is 0 Å². The number of ether oxygens (including phenoxy) is 1. The van der Waals surface area contributed by atoms with Gasteiger partial charge in [0.15, 0.2) is 6.61 Å². The van der Waals surface area contributed by atoms with Gasteiger partial charge in [-0.05, 0) is 17.5 Å². The van der Waals surface area contributed by atoms with Gasteiger partial charge in [0.2, 0.25) is 0 Å². The second-order valence-corrected chi connectivity index (χ2v) is 5.27. The highest BCUT2D eigenvalue weighted by Gasteiger charge is 2.13. The van der Waals surface area contributed by atoms with Crippen LogP contribution in [0.25, 0.3) is 10.8 Å². The van der Waals surface area contributed by atoms with Crippen molar-refractivity contribution >= 4 is 28.1 Å². The number of hydrogen-bond acceptors (Lipinski definition) is 5. The fraction of sp³-hybridized carbons (Fsp3) is 0.0556. The first kappa shape index (κ1) is 16.3. The number of carbonyl (C=O) groups is 1. The molecule has 0 saturated carbocycles. The van der Waals surface area contributed by atoms with Crippen molar-refractivity contribution in [2.75, 3.05) is 11.9 Å². The van der Waals surface area contributed by atoms with Gasteiger partial charge < -0.3 is 15.2 Å². The molecule has 7 heteroatoms. The van der Waals surface area contributed by atoms with Crippen molar-refractivity contribution < 1.29 is 19.6 Å². The number of nitrogens with one attached hydrogen (secondary N) is 1. The number of nitrogens with zero attached hydrogens (tertiary/aromatic N) is 1. The standard InChI is InChI=1S/C18H14N2O5/c21-16-9-8-13(20(23)24)10-15(16)19-18(22)11-25-17-7-3-5-12-4-1-2-6-14(12)17/h1-10,21H,11H2,(H,19,22). The molecule has 0 unspecified atom stereocenters. The van der Waals surface area contributed by atoms with Crippen LogP contribution in [0.3, 0.4) is 0 Å². The monoisotopic (exact) mass is 338 g/mol. The Labute approximate surface area is 142 Å². The Hall–Kier alpha value is -3.61. The van der Waals surface area contributed by atoms with Crippen molar-refractivity contribution in [3.05, 3.63) is 70.8 Å². The molecule has 0 spiro atoms. The van der Waals surface area contributed by atoms with Crippen LogP contribution in [0.2, 0.25) is 0 Å². The summed E-state index contributed by atoms with van der Waals surface area (Å²) in [6.07, 6.45) is 0. The van der Waals surface area contributed by atoms with E-state index in [1.807, 2.05) is 36.4 Å². The molecule has 0 fully saturated rings. The Morgan fingerprint density at radius 3 is 2.68 bits per heavy atom. The van der Waals surface area contributed by atoms with E-state index in [9.17, 15) is 20.0 Å². The number of hydrogen-bond donors (Lipinski definition) is 2. The second-order valence-electron chi connectivity index (χ2n) is 5.27. The van der Waals surface area contributed by atoms with Gasteiger partial charge in [-0.2, -0.15) is 0 Å². The highest BCUT2D eigenvalue weighted by molar-refractivity contribution is 5.94. The molecule has 0 aliphatic rings. The molecule has 1 amide bonds. The van der Waals surface area contributed by atoms with Crippen LogP contribution >= 0.6 is 0 Å². The van der Waals surface area contributed by atoms with Gasteiger partial charge in [-0.1, -0.05) is 36.4 Å². The van der Waals surface area contributed by atoms with Gasteiger partial charge in [-0.15, -0.1) is 0 Å². The zero-order valence-electron chi connectivity index (χ0n) is 13.0. The summed E-state index contributed by atoms with van der Waals surface area (Å²) in [4.78, 5) is 22.2. The van der Waals surface area contributed by atoms with Crippen LogP contribution in [0.5, 0.6) is 11.5 Å². The maximum Gasteiger partial charge on any atom is 0.271 e. The normalized spacial score (nSPS) is 10.4. The number of nitro benzene ring substituents is 1. The number of carbonyl (C=O) groups excluding carboxylic acids is 1. The van der Waals surface area contributed by atoms with E-state index in [4.69, 9.17) is 4.74 Å². The van der Waals surface area contributed by atoms with Crippen molar-refractivity contribution in [3.63, 3.8) is 0 Å². The lowest BCUT2D eigenvalue weighted by molar-refractivity contribution is -0.384. The molecule has 0 heterocycles. The third-order valence-corrected chi connectivity index (χ3v) is 3.57. The highest BCUT2D eigenvalue weighted by atomic mass is 16.6. The van der Waals surface area contributed by atoms with E-state index >= 15 is 0 Å². The molecule has 0 radical (unpaired) electrons. The van der Waals surface area contributed by atoms with Gasteiger partial charge in [0.25, 0.3) is 11.6 Å². The zero-order chi connectivity index (χ0) is 17.8. The first-order valence-electron chi connectivity index (χ1n) is 7.42. The number of anilines is 1. The molecule has 3 rings (SSSR count). The number of fused-ring (bicyclic) bond motifs is 1. The van der Waals surface area contributed by atoms with E-state index in [1.54, 1.807) is 6.07 Å². The van der Waals surface area contributed by atoms with Crippen LogP contribution in [0.4, 0.5) is 11.4 Å². The molecule has 7 nitrogen and oxygen atoms in total. The topological polar surface area (TPSA) is 102 Å². The molecule has 0 atom stereocenters. The smallest absolute Gasteiger partial charge is 0.271 e. The molecule has 0 saturated heterocycles. The first-order valence-corrected chi connectivity index (χ1v) is 7.42. The van der Waals surface area contributed by atoms with E-state index in [2.05, 4.69) is 5.32 Å². The van der Waals surface area contributed by atoms with Crippen LogP contribution in [0.15, 0.2) is 60.7 Å². The summed E-state index contributed by atoms with van der Waals surface area (Å²) < 4.78 is 5.54. The fourth-order valence-electron chi connectivity index (χ4n) is 2.39. The number of phenols is 1. The summed E-state index contributed by atoms with van der Waals surface area (Å²) in [5.41, 5.74) is -0.274. The van der Waals surface area contributed by atoms with E-state index in [1.165, 1.54) is 0 Å². The van der Waals surface area contributed by atoms with Gasteiger partial charge in [0.05, 0.1) is 10.6 Å². The number of amides is 1. The quantitative estimate of drug-likeness (QED) is 0.421. The number of non-ortho nitro benzene ring substituents is 1. The molecular formula is C18H14N2O5. The van der Waals surface area contributed by atoms with Crippen LogP contribution < -0.4 is 10.1 Å². The lowest BCUT2D eigenvalue weighted by Gasteiger charge is -2.10. The summed E-state index contributed by atoms with van der Waals surface area (Å²) >= 11 is 0. The van der Waals surface area contributed by atoms with Crippen molar-refractivity contribution in [1.82, 2.24) is 0 Å². The SMILES string of the molecule is O=C(COc1cccc2ccccc12)Nc1cc([N+](=O)[O-])ccc1O. The van der Waals surface area contributed by atoms with E-state index in [0.717, 1.165) is 29.0 Å². The lowest BCUT2D eigenvalue weighted by atomic mass is 10.1. The van der Waals surface area contributed by atoms with Gasteiger partial charge in [-0.25, -0.2) is 0 Å². The Balaban J connectivity index is 1.71. The van der Waals surface area contributed by atoms with E-state index in [0.29, 0.717) is 5.75 Å². The molecule has 25 heavy (non-hydrogen) atoms. The van der Waals surface area contributed by atoms with E-state index in [-0.39, 0.29) is 23.7 Å². The van der Waals surface area contributed by atoms with Crippen LogP contribution in [-0.4, -0.2) is 22.5 Å². The number of phenolic OH excluding ortho intramolecular Hbond substituents is 1. The Kier molecular flexibility index (Phi) is 4.47. The number of aromatic hydroxyl groups is 1. The molecule has 3 aromatic rings. The van der Waals surface area contributed by atoms with Crippen LogP contribution in [-0.2, 0) is 4.79 Å². The Morgan fingerprint density at radius 2 is 1.88 bits per heavy atom. The summed E-state index contributed by atoms with van der Waals surface area (Å²) in [6.45, 7) is -0.295. The number of nitro groups is 1. The third kappa shape index (κ3) is 3.66. The van der Waals surface area contributed by atoms with Gasteiger partial charge >= 0.3 is 0 Å². The third-order valence-electron chi connectivity index (χ3n) is 3.57. The maximum absolute atomic E-state index is 12.0. The van der Waals surface area contributed by atoms with Gasteiger partial charge in [0, 0.05) is 17.5 Å². The van der Waals surface area contributed by atoms with Crippen LogP contribution in [0.1, 0.15) is 0 Å². The minimum atomic E-state index is -0.609. The van der Waals surface area contributed by atoms with Crippen LogP contribution in [0, 0.1) is 10.1 Å². The first-order chi connectivity index (χ1) is 12.0. The maximum atomic E-state index is 12.0.